The van der Waals surface area contributed by atoms with Crippen LogP contribution in [0.5, 0.6) is 0 Å². The second kappa shape index (κ2) is 10.6. The Bertz CT molecular complexity index is 846. The fraction of sp³-hybridized carbons (Fsp3) is 0.571. The minimum absolute atomic E-state index is 0.0379. The molecule has 2 rings (SSSR count). The van der Waals surface area contributed by atoms with E-state index < -0.39 is 0 Å². The zero-order valence-electron chi connectivity index (χ0n) is 17.6. The molecule has 28 heavy (non-hydrogen) atoms. The van der Waals surface area contributed by atoms with Gasteiger partial charge in [0.15, 0.2) is 5.16 Å². The number of benzene rings is 1. The van der Waals surface area contributed by atoms with E-state index in [4.69, 9.17) is 4.98 Å². The Kier molecular flexibility index (Phi) is 8.51. The van der Waals surface area contributed by atoms with Gasteiger partial charge in [-0.1, -0.05) is 37.7 Å². The first-order valence-electron chi connectivity index (χ1n) is 10.1. The molecule has 0 spiro atoms. The Hall–Kier alpha value is -1.86. The summed E-state index contributed by atoms with van der Waals surface area (Å²) in [5.74, 6) is -0.0444. The van der Waals surface area contributed by atoms with Crippen LogP contribution in [-0.2, 0) is 11.3 Å². The van der Waals surface area contributed by atoms with Crippen molar-refractivity contribution in [1.82, 2.24) is 19.8 Å². The van der Waals surface area contributed by atoms with Crippen molar-refractivity contribution >= 4 is 28.6 Å². The highest BCUT2D eigenvalue weighted by molar-refractivity contribution is 8.00. The van der Waals surface area contributed by atoms with Crippen LogP contribution in [0.2, 0.25) is 0 Å². The first-order chi connectivity index (χ1) is 13.4. The van der Waals surface area contributed by atoms with Crippen molar-refractivity contribution in [3.8, 4) is 0 Å². The first kappa shape index (κ1) is 22.4. The molecule has 0 aliphatic rings. The monoisotopic (exact) mass is 404 g/mol. The Labute approximate surface area is 171 Å². The molecule has 7 heteroatoms. The number of nitrogens with one attached hydrogen (secondary N) is 1. The molecule has 0 fully saturated rings. The molecular weight excluding hydrogens is 372 g/mol. The van der Waals surface area contributed by atoms with E-state index in [9.17, 15) is 9.59 Å². The Morgan fingerprint density at radius 1 is 1.21 bits per heavy atom. The standard InChI is InChI=1S/C21H32N4O2S/c1-6-24(7-2)13-10-14-25-20(27)17-11-8-9-12-18(17)23-21(25)28-16(5)19(26)22-15(3)4/h8-9,11-12,15-16H,6-7,10,13-14H2,1-5H3,(H,22,26)/t16-/m0/s1. The summed E-state index contributed by atoms with van der Waals surface area (Å²) in [6, 6.07) is 7.48. The zero-order chi connectivity index (χ0) is 20.7. The van der Waals surface area contributed by atoms with Gasteiger partial charge in [-0.15, -0.1) is 0 Å². The minimum Gasteiger partial charge on any atom is -0.353 e. The van der Waals surface area contributed by atoms with Gasteiger partial charge in [-0.25, -0.2) is 4.98 Å². The predicted molar refractivity (Wildman–Crippen MR) is 117 cm³/mol. The molecular formula is C21H32N4O2S. The van der Waals surface area contributed by atoms with Gasteiger partial charge in [0.1, 0.15) is 0 Å². The molecule has 2 aromatic rings. The van der Waals surface area contributed by atoms with Crippen LogP contribution < -0.4 is 10.9 Å². The van der Waals surface area contributed by atoms with Gasteiger partial charge < -0.3 is 10.2 Å². The molecule has 0 bridgehead atoms. The van der Waals surface area contributed by atoms with Gasteiger partial charge in [0.2, 0.25) is 5.91 Å². The highest BCUT2D eigenvalue weighted by Gasteiger charge is 2.20. The van der Waals surface area contributed by atoms with E-state index in [0.29, 0.717) is 22.6 Å². The molecule has 1 amide bonds. The average molecular weight is 405 g/mol. The minimum atomic E-state index is -0.329. The molecule has 0 unspecified atom stereocenters. The number of rotatable bonds is 10. The largest absolute Gasteiger partial charge is 0.353 e. The summed E-state index contributed by atoms with van der Waals surface area (Å²) < 4.78 is 1.73. The molecule has 1 aromatic heterocycles. The van der Waals surface area contributed by atoms with E-state index in [1.807, 2.05) is 45.0 Å². The maximum Gasteiger partial charge on any atom is 0.262 e. The number of aromatic nitrogens is 2. The van der Waals surface area contributed by atoms with Crippen molar-refractivity contribution in [3.05, 3.63) is 34.6 Å². The summed E-state index contributed by atoms with van der Waals surface area (Å²) in [5.41, 5.74) is 0.635. The average Bonchev–Trinajstić information content (AvgIpc) is 2.66. The third-order valence-corrected chi connectivity index (χ3v) is 5.75. The van der Waals surface area contributed by atoms with E-state index in [1.165, 1.54) is 11.8 Å². The number of hydrogen-bond donors (Lipinski definition) is 1. The fourth-order valence-corrected chi connectivity index (χ4v) is 3.98. The smallest absolute Gasteiger partial charge is 0.262 e. The zero-order valence-corrected chi connectivity index (χ0v) is 18.4. The fourth-order valence-electron chi connectivity index (χ4n) is 3.04. The van der Waals surface area contributed by atoms with Crippen LogP contribution in [0, 0.1) is 0 Å². The first-order valence-corrected chi connectivity index (χ1v) is 10.9. The number of para-hydroxylation sites is 1. The molecule has 1 aromatic carbocycles. The molecule has 0 radical (unpaired) electrons. The maximum atomic E-state index is 13.1. The summed E-state index contributed by atoms with van der Waals surface area (Å²) in [7, 11) is 0. The molecule has 0 aliphatic carbocycles. The van der Waals surface area contributed by atoms with E-state index >= 15 is 0 Å². The summed E-state index contributed by atoms with van der Waals surface area (Å²) in [6.07, 6.45) is 0.863. The molecule has 154 valence electrons. The summed E-state index contributed by atoms with van der Waals surface area (Å²) in [6.45, 7) is 13.5. The highest BCUT2D eigenvalue weighted by atomic mass is 32.2. The van der Waals surface area contributed by atoms with Crippen LogP contribution in [0.3, 0.4) is 0 Å². The molecule has 1 N–H and O–H groups in total. The van der Waals surface area contributed by atoms with Gasteiger partial charge in [-0.3, -0.25) is 14.2 Å². The van der Waals surface area contributed by atoms with Crippen LogP contribution in [0.15, 0.2) is 34.2 Å². The van der Waals surface area contributed by atoms with Crippen molar-refractivity contribution in [2.24, 2.45) is 0 Å². The Balaban J connectivity index is 2.31. The van der Waals surface area contributed by atoms with Crippen molar-refractivity contribution in [3.63, 3.8) is 0 Å². The van der Waals surface area contributed by atoms with Crippen molar-refractivity contribution < 1.29 is 4.79 Å². The van der Waals surface area contributed by atoms with Gasteiger partial charge in [0.05, 0.1) is 16.2 Å². The lowest BCUT2D eigenvalue weighted by atomic mass is 10.2. The van der Waals surface area contributed by atoms with Crippen molar-refractivity contribution in [2.75, 3.05) is 19.6 Å². The second-order valence-corrected chi connectivity index (χ2v) is 8.48. The van der Waals surface area contributed by atoms with Gasteiger partial charge in [-0.05, 0) is 59.0 Å². The molecule has 1 heterocycles. The Morgan fingerprint density at radius 3 is 2.54 bits per heavy atom. The van der Waals surface area contributed by atoms with Crippen molar-refractivity contribution in [1.29, 1.82) is 0 Å². The van der Waals surface area contributed by atoms with Crippen molar-refractivity contribution in [2.45, 2.75) is 64.0 Å². The van der Waals surface area contributed by atoms with Crippen LogP contribution in [0.1, 0.15) is 41.0 Å². The number of thioether (sulfide) groups is 1. The van der Waals surface area contributed by atoms with Crippen LogP contribution in [-0.4, -0.2) is 51.3 Å². The lowest BCUT2D eigenvalue weighted by Gasteiger charge is -2.20. The third kappa shape index (κ3) is 5.82. The molecule has 1 atom stereocenters. The molecule has 0 aliphatic heterocycles. The van der Waals surface area contributed by atoms with E-state index in [2.05, 4.69) is 24.1 Å². The summed E-state index contributed by atoms with van der Waals surface area (Å²) in [5, 5.41) is 3.82. The molecule has 0 saturated carbocycles. The molecule has 0 saturated heterocycles. The van der Waals surface area contributed by atoms with Gasteiger partial charge >= 0.3 is 0 Å². The van der Waals surface area contributed by atoms with Gasteiger partial charge in [0, 0.05) is 12.6 Å². The van der Waals surface area contributed by atoms with Gasteiger partial charge in [-0.2, -0.15) is 0 Å². The predicted octanol–water partition coefficient (Wildman–Crippen LogP) is 3.13. The topological polar surface area (TPSA) is 67.2 Å². The highest BCUT2D eigenvalue weighted by Crippen LogP contribution is 2.23. The quantitative estimate of drug-likeness (QED) is 0.487. The van der Waals surface area contributed by atoms with Crippen LogP contribution >= 0.6 is 11.8 Å². The van der Waals surface area contributed by atoms with Crippen LogP contribution in [0.4, 0.5) is 0 Å². The van der Waals surface area contributed by atoms with E-state index in [-0.39, 0.29) is 22.8 Å². The summed E-state index contributed by atoms with van der Waals surface area (Å²) >= 11 is 1.35. The number of nitrogens with zero attached hydrogens (tertiary/aromatic N) is 3. The third-order valence-electron chi connectivity index (χ3n) is 4.66. The normalized spacial score (nSPS) is 12.7. The lowest BCUT2D eigenvalue weighted by Crippen LogP contribution is -2.36. The lowest BCUT2D eigenvalue weighted by molar-refractivity contribution is -0.120. The van der Waals surface area contributed by atoms with Crippen LogP contribution in [0.25, 0.3) is 10.9 Å². The number of fused-ring (bicyclic) bond motifs is 1. The maximum absolute atomic E-state index is 13.1. The number of hydrogen-bond acceptors (Lipinski definition) is 5. The van der Waals surface area contributed by atoms with E-state index in [1.54, 1.807) is 4.57 Å². The second-order valence-electron chi connectivity index (χ2n) is 7.17. The number of amides is 1. The Morgan fingerprint density at radius 2 is 1.89 bits per heavy atom. The molecule has 6 nitrogen and oxygen atoms in total. The summed E-state index contributed by atoms with van der Waals surface area (Å²) in [4.78, 5) is 32.5. The van der Waals surface area contributed by atoms with Gasteiger partial charge in [0.25, 0.3) is 5.56 Å². The van der Waals surface area contributed by atoms with E-state index in [0.717, 1.165) is 26.1 Å². The number of carbonyl (C=O) groups excluding carboxylic acids is 1. The SMILES string of the molecule is CCN(CC)CCCn1c(S[C@@H](C)C(=O)NC(C)C)nc2ccccc2c1=O. The number of carbonyl (C=O) groups is 1.